The highest BCUT2D eigenvalue weighted by Gasteiger charge is 2.26. The Hall–Kier alpha value is -2.64. The summed E-state index contributed by atoms with van der Waals surface area (Å²) in [6, 6.07) is 11.8. The molecule has 0 saturated carbocycles. The molecule has 1 aliphatic rings. The number of aromatic nitrogens is 1. The molecule has 0 unspecified atom stereocenters. The van der Waals surface area contributed by atoms with Gasteiger partial charge in [-0.1, -0.05) is 6.07 Å². The quantitative estimate of drug-likeness (QED) is 0.613. The Morgan fingerprint density at radius 2 is 2.03 bits per heavy atom. The lowest BCUT2D eigenvalue weighted by Crippen LogP contribution is -2.40. The minimum absolute atomic E-state index is 0.0921. The van der Waals surface area contributed by atoms with Crippen LogP contribution in [0.15, 0.2) is 46.2 Å². The third kappa shape index (κ3) is 4.91. The second-order valence-electron chi connectivity index (χ2n) is 7.60. The Balaban J connectivity index is 1.29. The number of nitrogens with zero attached hydrogens (tertiary/aromatic N) is 2. The van der Waals surface area contributed by atoms with E-state index >= 15 is 0 Å². The first-order chi connectivity index (χ1) is 14.6. The number of piperidine rings is 1. The molecule has 3 heterocycles. The molecule has 1 N–H and O–H groups in total. The van der Waals surface area contributed by atoms with Crippen molar-refractivity contribution < 1.29 is 13.9 Å². The Kier molecular flexibility index (Phi) is 6.50. The van der Waals surface area contributed by atoms with Crippen LogP contribution in [0.1, 0.15) is 29.2 Å². The number of rotatable bonds is 7. The lowest BCUT2D eigenvalue weighted by Gasteiger charge is -2.30. The standard InChI is InChI=1S/C23H27N3O3S/c1-16-21(25-23(29-16)18-5-7-19(28-2)8-6-18)15-26-11-9-17(10-12-26)22(27)24-14-20-4-3-13-30-20/h3-8,13,17H,9-12,14-15H2,1-2H3,(H,24,27). The van der Waals surface area contributed by atoms with Crippen LogP contribution < -0.4 is 10.1 Å². The Bertz CT molecular complexity index is 958. The first-order valence-corrected chi connectivity index (χ1v) is 11.1. The van der Waals surface area contributed by atoms with Crippen molar-refractivity contribution in [3.63, 3.8) is 0 Å². The monoisotopic (exact) mass is 425 g/mol. The summed E-state index contributed by atoms with van der Waals surface area (Å²) in [6.07, 6.45) is 1.75. The molecule has 7 heteroatoms. The van der Waals surface area contributed by atoms with Crippen molar-refractivity contribution in [2.24, 2.45) is 5.92 Å². The first kappa shape index (κ1) is 20.6. The minimum Gasteiger partial charge on any atom is -0.497 e. The molecule has 3 aromatic rings. The third-order valence-corrected chi connectivity index (χ3v) is 6.45. The fourth-order valence-electron chi connectivity index (χ4n) is 3.73. The SMILES string of the molecule is COc1ccc(-c2nc(CN3CCC(C(=O)NCc4cccs4)CC3)c(C)o2)cc1. The van der Waals surface area contributed by atoms with Crippen molar-refractivity contribution in [3.05, 3.63) is 58.1 Å². The molecule has 158 valence electrons. The summed E-state index contributed by atoms with van der Waals surface area (Å²) >= 11 is 1.67. The van der Waals surface area contributed by atoms with Crippen LogP contribution in [0.5, 0.6) is 5.75 Å². The van der Waals surface area contributed by atoms with Crippen LogP contribution >= 0.6 is 11.3 Å². The van der Waals surface area contributed by atoms with Gasteiger partial charge in [0.2, 0.25) is 11.8 Å². The number of nitrogens with one attached hydrogen (secondary N) is 1. The highest BCUT2D eigenvalue weighted by Crippen LogP contribution is 2.26. The van der Waals surface area contributed by atoms with Gasteiger partial charge in [0.1, 0.15) is 11.5 Å². The second-order valence-corrected chi connectivity index (χ2v) is 8.63. The van der Waals surface area contributed by atoms with Crippen molar-refractivity contribution in [1.82, 2.24) is 15.2 Å². The number of hydrogen-bond acceptors (Lipinski definition) is 6. The van der Waals surface area contributed by atoms with Crippen molar-refractivity contribution in [3.8, 4) is 17.2 Å². The number of carbonyl (C=O) groups is 1. The molecular weight excluding hydrogens is 398 g/mol. The summed E-state index contributed by atoms with van der Waals surface area (Å²) in [5.41, 5.74) is 1.90. The fourth-order valence-corrected chi connectivity index (χ4v) is 4.37. The van der Waals surface area contributed by atoms with E-state index in [0.717, 1.165) is 55.2 Å². The summed E-state index contributed by atoms with van der Waals surface area (Å²) < 4.78 is 11.1. The molecule has 30 heavy (non-hydrogen) atoms. The maximum absolute atomic E-state index is 12.5. The van der Waals surface area contributed by atoms with Crippen LogP contribution in [-0.2, 0) is 17.9 Å². The molecule has 1 amide bonds. The van der Waals surface area contributed by atoms with E-state index in [-0.39, 0.29) is 11.8 Å². The number of benzene rings is 1. The molecule has 2 aromatic heterocycles. The van der Waals surface area contributed by atoms with Crippen LogP contribution in [0.4, 0.5) is 0 Å². The summed E-state index contributed by atoms with van der Waals surface area (Å²) in [5.74, 6) is 2.55. The topological polar surface area (TPSA) is 67.6 Å². The van der Waals surface area contributed by atoms with Gasteiger partial charge in [-0.2, -0.15) is 0 Å². The fraction of sp³-hybridized carbons (Fsp3) is 0.391. The smallest absolute Gasteiger partial charge is 0.226 e. The Morgan fingerprint density at radius 1 is 1.27 bits per heavy atom. The Labute approximate surface area is 180 Å². The van der Waals surface area contributed by atoms with Crippen LogP contribution in [0, 0.1) is 12.8 Å². The molecule has 0 aliphatic carbocycles. The molecule has 0 atom stereocenters. The van der Waals surface area contributed by atoms with Gasteiger partial charge in [-0.15, -0.1) is 11.3 Å². The zero-order chi connectivity index (χ0) is 20.9. The van der Waals surface area contributed by atoms with Crippen LogP contribution in [-0.4, -0.2) is 36.0 Å². The van der Waals surface area contributed by atoms with Gasteiger partial charge in [0.15, 0.2) is 0 Å². The normalized spacial score (nSPS) is 15.3. The number of carbonyl (C=O) groups excluding carboxylic acids is 1. The van der Waals surface area contributed by atoms with E-state index in [0.29, 0.717) is 12.4 Å². The number of amides is 1. The number of hydrogen-bond donors (Lipinski definition) is 1. The zero-order valence-corrected chi connectivity index (χ0v) is 18.2. The van der Waals surface area contributed by atoms with E-state index in [1.807, 2.05) is 48.7 Å². The number of thiophene rings is 1. The van der Waals surface area contributed by atoms with E-state index in [1.165, 1.54) is 4.88 Å². The molecule has 1 aromatic carbocycles. The van der Waals surface area contributed by atoms with Crippen molar-refractivity contribution in [2.45, 2.75) is 32.9 Å². The third-order valence-electron chi connectivity index (χ3n) is 5.58. The van der Waals surface area contributed by atoms with Gasteiger partial charge in [0.05, 0.1) is 19.3 Å². The van der Waals surface area contributed by atoms with Crippen molar-refractivity contribution in [2.75, 3.05) is 20.2 Å². The lowest BCUT2D eigenvalue weighted by molar-refractivity contribution is -0.126. The van der Waals surface area contributed by atoms with Gasteiger partial charge >= 0.3 is 0 Å². The largest absolute Gasteiger partial charge is 0.497 e. The maximum Gasteiger partial charge on any atom is 0.226 e. The summed E-state index contributed by atoms with van der Waals surface area (Å²) in [6.45, 7) is 5.11. The Morgan fingerprint density at radius 3 is 2.70 bits per heavy atom. The minimum atomic E-state index is 0.0921. The van der Waals surface area contributed by atoms with Gasteiger partial charge in [-0.3, -0.25) is 9.69 Å². The van der Waals surface area contributed by atoms with Gasteiger partial charge in [-0.25, -0.2) is 4.98 Å². The zero-order valence-electron chi connectivity index (χ0n) is 17.4. The summed E-state index contributed by atoms with van der Waals surface area (Å²) in [7, 11) is 1.65. The van der Waals surface area contributed by atoms with Crippen molar-refractivity contribution in [1.29, 1.82) is 0 Å². The first-order valence-electron chi connectivity index (χ1n) is 10.3. The van der Waals surface area contributed by atoms with Crippen LogP contribution in [0.25, 0.3) is 11.5 Å². The molecule has 0 bridgehead atoms. The summed E-state index contributed by atoms with van der Waals surface area (Å²) in [5, 5.41) is 5.11. The summed E-state index contributed by atoms with van der Waals surface area (Å²) in [4.78, 5) is 20.7. The van der Waals surface area contributed by atoms with Gasteiger partial charge in [0, 0.05) is 22.9 Å². The molecule has 0 spiro atoms. The predicted molar refractivity (Wildman–Crippen MR) is 117 cm³/mol. The van der Waals surface area contributed by atoms with Gasteiger partial charge in [-0.05, 0) is 68.6 Å². The van der Waals surface area contributed by atoms with Crippen LogP contribution in [0.3, 0.4) is 0 Å². The van der Waals surface area contributed by atoms with Gasteiger partial charge in [0.25, 0.3) is 0 Å². The average molecular weight is 426 g/mol. The van der Waals surface area contributed by atoms with Gasteiger partial charge < -0.3 is 14.5 Å². The van der Waals surface area contributed by atoms with E-state index in [1.54, 1.807) is 18.4 Å². The molecule has 1 fully saturated rings. The predicted octanol–water partition coefficient (Wildman–Crippen LogP) is 4.25. The van der Waals surface area contributed by atoms with E-state index in [9.17, 15) is 4.79 Å². The van der Waals surface area contributed by atoms with Crippen molar-refractivity contribution >= 4 is 17.2 Å². The second kappa shape index (κ2) is 9.45. The molecule has 1 aliphatic heterocycles. The highest BCUT2D eigenvalue weighted by molar-refractivity contribution is 7.09. The van der Waals surface area contributed by atoms with E-state index < -0.39 is 0 Å². The molecule has 6 nitrogen and oxygen atoms in total. The lowest BCUT2D eigenvalue weighted by atomic mass is 9.96. The maximum atomic E-state index is 12.5. The average Bonchev–Trinajstić information content (AvgIpc) is 3.43. The number of ether oxygens (including phenoxy) is 1. The number of methoxy groups -OCH3 is 1. The number of aryl methyl sites for hydroxylation is 1. The molecule has 0 radical (unpaired) electrons. The van der Waals surface area contributed by atoms with E-state index in [4.69, 9.17) is 14.1 Å². The molecular formula is C23H27N3O3S. The number of oxazole rings is 1. The van der Waals surface area contributed by atoms with E-state index in [2.05, 4.69) is 10.2 Å². The molecule has 4 rings (SSSR count). The van der Waals surface area contributed by atoms with Crippen LogP contribution in [0.2, 0.25) is 0 Å². The highest BCUT2D eigenvalue weighted by atomic mass is 32.1. The number of likely N-dealkylation sites (tertiary alicyclic amines) is 1. The molecule has 1 saturated heterocycles.